The maximum Gasteiger partial charge on any atom is 0.227 e. The van der Waals surface area contributed by atoms with Gasteiger partial charge in [-0.15, -0.1) is 0 Å². The van der Waals surface area contributed by atoms with Crippen molar-refractivity contribution in [2.45, 2.75) is 26.2 Å². The van der Waals surface area contributed by atoms with Crippen molar-refractivity contribution in [3.63, 3.8) is 0 Å². The van der Waals surface area contributed by atoms with Crippen LogP contribution < -0.4 is 10.2 Å². The number of ketones is 1. The van der Waals surface area contributed by atoms with E-state index in [-0.39, 0.29) is 29.9 Å². The molecule has 5 nitrogen and oxygen atoms in total. The molecule has 1 fully saturated rings. The van der Waals surface area contributed by atoms with E-state index >= 15 is 0 Å². The highest BCUT2D eigenvalue weighted by atomic mass is 16.2. The molecule has 1 atom stereocenters. The summed E-state index contributed by atoms with van der Waals surface area (Å²) in [5.41, 5.74) is 2.59. The van der Waals surface area contributed by atoms with E-state index in [1.807, 2.05) is 18.2 Å². The lowest BCUT2D eigenvalue weighted by Crippen LogP contribution is -2.33. The SMILES string of the molecule is CC(=O)c1ccc(N2CC(C(=O)NCCCc3ccccc3)CC2=O)cc1. The molecule has 1 aliphatic rings. The topological polar surface area (TPSA) is 66.5 Å². The molecule has 0 radical (unpaired) electrons. The Morgan fingerprint density at radius 1 is 1.07 bits per heavy atom. The summed E-state index contributed by atoms with van der Waals surface area (Å²) < 4.78 is 0. The van der Waals surface area contributed by atoms with Gasteiger partial charge in [-0.3, -0.25) is 14.4 Å². The minimum atomic E-state index is -0.332. The molecule has 2 amide bonds. The Morgan fingerprint density at radius 2 is 1.78 bits per heavy atom. The summed E-state index contributed by atoms with van der Waals surface area (Å²) in [5.74, 6) is -0.474. The molecule has 1 aliphatic heterocycles. The van der Waals surface area contributed by atoms with Gasteiger partial charge in [0.1, 0.15) is 0 Å². The molecule has 2 aromatic carbocycles. The summed E-state index contributed by atoms with van der Waals surface area (Å²) in [6.07, 6.45) is 2.00. The largest absolute Gasteiger partial charge is 0.356 e. The molecular weight excluding hydrogens is 340 g/mol. The lowest BCUT2D eigenvalue weighted by atomic mass is 10.1. The molecule has 0 aromatic heterocycles. The monoisotopic (exact) mass is 364 g/mol. The molecule has 0 aliphatic carbocycles. The normalized spacial score (nSPS) is 16.4. The quantitative estimate of drug-likeness (QED) is 0.607. The molecule has 1 saturated heterocycles. The zero-order valence-electron chi connectivity index (χ0n) is 15.5. The van der Waals surface area contributed by atoms with E-state index in [4.69, 9.17) is 0 Å². The predicted molar refractivity (Wildman–Crippen MR) is 105 cm³/mol. The minimum Gasteiger partial charge on any atom is -0.356 e. The molecule has 1 N–H and O–H groups in total. The van der Waals surface area contributed by atoms with E-state index in [9.17, 15) is 14.4 Å². The number of carbonyl (C=O) groups is 3. The van der Waals surface area contributed by atoms with Gasteiger partial charge in [-0.25, -0.2) is 0 Å². The highest BCUT2D eigenvalue weighted by Gasteiger charge is 2.34. The molecule has 140 valence electrons. The van der Waals surface area contributed by atoms with Gasteiger partial charge in [0.15, 0.2) is 5.78 Å². The summed E-state index contributed by atoms with van der Waals surface area (Å²) in [4.78, 5) is 37.7. The Bertz CT molecular complexity index is 815. The fourth-order valence-electron chi connectivity index (χ4n) is 3.30. The van der Waals surface area contributed by atoms with Gasteiger partial charge in [0.05, 0.1) is 5.92 Å². The van der Waals surface area contributed by atoms with Crippen LogP contribution >= 0.6 is 0 Å². The van der Waals surface area contributed by atoms with Gasteiger partial charge < -0.3 is 10.2 Å². The van der Waals surface area contributed by atoms with Gasteiger partial charge in [0.2, 0.25) is 11.8 Å². The first-order valence-corrected chi connectivity index (χ1v) is 9.27. The molecular formula is C22H24N2O3. The second-order valence-corrected chi connectivity index (χ2v) is 6.89. The number of amides is 2. The standard InChI is InChI=1S/C22H24N2O3/c1-16(25)18-9-11-20(12-10-18)24-15-19(14-21(24)26)22(27)23-13-5-8-17-6-3-2-4-7-17/h2-4,6-7,9-12,19H,5,8,13-15H2,1H3,(H,23,27). The third-order valence-corrected chi connectivity index (χ3v) is 4.87. The zero-order chi connectivity index (χ0) is 19.2. The number of anilines is 1. The fourth-order valence-corrected chi connectivity index (χ4v) is 3.30. The lowest BCUT2D eigenvalue weighted by molar-refractivity contribution is -0.126. The van der Waals surface area contributed by atoms with E-state index in [0.717, 1.165) is 18.5 Å². The van der Waals surface area contributed by atoms with Crippen LogP contribution in [0.4, 0.5) is 5.69 Å². The van der Waals surface area contributed by atoms with Crippen LogP contribution in [0.1, 0.15) is 35.7 Å². The fraction of sp³-hybridized carbons (Fsp3) is 0.318. The Kier molecular flexibility index (Phi) is 6.01. The van der Waals surface area contributed by atoms with Crippen molar-refractivity contribution >= 4 is 23.3 Å². The molecule has 0 bridgehead atoms. The first kappa shape index (κ1) is 18.8. The van der Waals surface area contributed by atoms with E-state index in [1.54, 1.807) is 29.2 Å². The van der Waals surface area contributed by atoms with Gasteiger partial charge in [-0.05, 0) is 49.6 Å². The number of nitrogens with one attached hydrogen (secondary N) is 1. The molecule has 27 heavy (non-hydrogen) atoms. The first-order chi connectivity index (χ1) is 13.0. The number of aryl methyl sites for hydroxylation is 1. The smallest absolute Gasteiger partial charge is 0.227 e. The zero-order valence-corrected chi connectivity index (χ0v) is 15.5. The van der Waals surface area contributed by atoms with Crippen molar-refractivity contribution in [2.75, 3.05) is 18.0 Å². The Balaban J connectivity index is 1.49. The number of carbonyl (C=O) groups excluding carboxylic acids is 3. The highest BCUT2D eigenvalue weighted by molar-refractivity contribution is 6.01. The summed E-state index contributed by atoms with van der Waals surface area (Å²) >= 11 is 0. The van der Waals surface area contributed by atoms with Crippen molar-refractivity contribution in [2.24, 2.45) is 5.92 Å². The number of benzene rings is 2. The summed E-state index contributed by atoms with van der Waals surface area (Å²) in [6.45, 7) is 2.49. The molecule has 0 saturated carbocycles. The van der Waals surface area contributed by atoms with Crippen LogP contribution in [0.3, 0.4) is 0 Å². The van der Waals surface area contributed by atoms with Crippen molar-refractivity contribution in [3.05, 3.63) is 65.7 Å². The number of nitrogens with zero attached hydrogens (tertiary/aromatic N) is 1. The average molecular weight is 364 g/mol. The van der Waals surface area contributed by atoms with Crippen molar-refractivity contribution in [1.82, 2.24) is 5.32 Å². The molecule has 1 unspecified atom stereocenters. The van der Waals surface area contributed by atoms with Gasteiger partial charge in [-0.2, -0.15) is 0 Å². The summed E-state index contributed by atoms with van der Waals surface area (Å²) in [7, 11) is 0. The molecule has 0 spiro atoms. The van der Waals surface area contributed by atoms with Gasteiger partial charge >= 0.3 is 0 Å². The average Bonchev–Trinajstić information content (AvgIpc) is 3.08. The number of rotatable bonds is 7. The molecule has 1 heterocycles. The minimum absolute atomic E-state index is 0.0120. The number of Topliss-reactive ketones (excluding diaryl/α,β-unsaturated/α-hetero) is 1. The van der Waals surface area contributed by atoms with Gasteiger partial charge in [0, 0.05) is 30.8 Å². The highest BCUT2D eigenvalue weighted by Crippen LogP contribution is 2.25. The first-order valence-electron chi connectivity index (χ1n) is 9.27. The van der Waals surface area contributed by atoms with Crippen LogP contribution in [0.15, 0.2) is 54.6 Å². The van der Waals surface area contributed by atoms with E-state index in [0.29, 0.717) is 18.7 Å². The van der Waals surface area contributed by atoms with Crippen LogP contribution in [-0.2, 0) is 16.0 Å². The van der Waals surface area contributed by atoms with Crippen LogP contribution in [0.25, 0.3) is 0 Å². The van der Waals surface area contributed by atoms with Gasteiger partial charge in [-0.1, -0.05) is 30.3 Å². The molecule has 5 heteroatoms. The third kappa shape index (κ3) is 4.82. The maximum absolute atomic E-state index is 12.4. The summed E-state index contributed by atoms with van der Waals surface area (Å²) in [6, 6.07) is 17.1. The maximum atomic E-state index is 12.4. The van der Waals surface area contributed by atoms with E-state index < -0.39 is 0 Å². The van der Waals surface area contributed by atoms with E-state index in [1.165, 1.54) is 12.5 Å². The predicted octanol–water partition coefficient (Wildman–Crippen LogP) is 2.99. The van der Waals surface area contributed by atoms with Crippen LogP contribution in [-0.4, -0.2) is 30.7 Å². The van der Waals surface area contributed by atoms with Crippen molar-refractivity contribution in [1.29, 1.82) is 0 Å². The second-order valence-electron chi connectivity index (χ2n) is 6.89. The number of hydrogen-bond acceptors (Lipinski definition) is 3. The molecule has 2 aromatic rings. The summed E-state index contributed by atoms with van der Waals surface area (Å²) in [5, 5.41) is 2.95. The number of hydrogen-bond donors (Lipinski definition) is 1. The Morgan fingerprint density at radius 3 is 2.44 bits per heavy atom. The van der Waals surface area contributed by atoms with E-state index in [2.05, 4.69) is 17.4 Å². The van der Waals surface area contributed by atoms with Crippen molar-refractivity contribution in [3.8, 4) is 0 Å². The van der Waals surface area contributed by atoms with Crippen LogP contribution in [0.5, 0.6) is 0 Å². The molecule has 3 rings (SSSR count). The lowest BCUT2D eigenvalue weighted by Gasteiger charge is -2.17. The van der Waals surface area contributed by atoms with Gasteiger partial charge in [0.25, 0.3) is 0 Å². The second kappa shape index (κ2) is 8.62. The van der Waals surface area contributed by atoms with Crippen LogP contribution in [0.2, 0.25) is 0 Å². The van der Waals surface area contributed by atoms with Crippen LogP contribution in [0, 0.1) is 5.92 Å². The Labute approximate surface area is 159 Å². The third-order valence-electron chi connectivity index (χ3n) is 4.87. The van der Waals surface area contributed by atoms with Crippen molar-refractivity contribution < 1.29 is 14.4 Å². The Hall–Kier alpha value is -2.95.